The first-order chi connectivity index (χ1) is 10.8. The maximum Gasteiger partial charge on any atom is 0.142 e. The zero-order chi connectivity index (χ0) is 15.2. The van der Waals surface area contributed by atoms with Crippen LogP contribution in [-0.4, -0.2) is 20.5 Å². The smallest absolute Gasteiger partial charge is 0.142 e. The maximum absolute atomic E-state index is 5.40. The lowest BCUT2D eigenvalue weighted by atomic mass is 10.1. The van der Waals surface area contributed by atoms with Gasteiger partial charge in [0.2, 0.25) is 0 Å². The lowest BCUT2D eigenvalue weighted by Gasteiger charge is -2.04. The van der Waals surface area contributed by atoms with E-state index in [0.717, 1.165) is 22.5 Å². The SMILES string of the molecule is C/C(=N\OCc1ccccc1)c1ccc(-n2cncn2)cc1. The van der Waals surface area contributed by atoms with E-state index >= 15 is 0 Å². The van der Waals surface area contributed by atoms with Crippen molar-refractivity contribution in [1.29, 1.82) is 0 Å². The first kappa shape index (κ1) is 14.0. The summed E-state index contributed by atoms with van der Waals surface area (Å²) in [7, 11) is 0. The molecule has 0 amide bonds. The van der Waals surface area contributed by atoms with E-state index < -0.39 is 0 Å². The molecule has 0 fully saturated rings. The fourth-order valence-corrected chi connectivity index (χ4v) is 2.03. The van der Waals surface area contributed by atoms with E-state index in [9.17, 15) is 0 Å². The van der Waals surface area contributed by atoms with Crippen molar-refractivity contribution in [3.05, 3.63) is 78.4 Å². The van der Waals surface area contributed by atoms with Gasteiger partial charge in [0.25, 0.3) is 0 Å². The number of hydrogen-bond acceptors (Lipinski definition) is 4. The molecule has 3 aromatic rings. The number of rotatable bonds is 5. The molecular formula is C17H16N4O. The van der Waals surface area contributed by atoms with E-state index in [0.29, 0.717) is 6.61 Å². The quantitative estimate of drug-likeness (QED) is 0.536. The highest BCUT2D eigenvalue weighted by Gasteiger charge is 2.01. The van der Waals surface area contributed by atoms with Gasteiger partial charge < -0.3 is 4.84 Å². The minimum absolute atomic E-state index is 0.467. The Morgan fingerprint density at radius 2 is 1.86 bits per heavy atom. The van der Waals surface area contributed by atoms with Crippen molar-refractivity contribution in [1.82, 2.24) is 14.8 Å². The highest BCUT2D eigenvalue weighted by molar-refractivity contribution is 5.98. The molecular weight excluding hydrogens is 276 g/mol. The molecule has 5 nitrogen and oxygen atoms in total. The van der Waals surface area contributed by atoms with Crippen LogP contribution in [0.5, 0.6) is 0 Å². The second kappa shape index (κ2) is 6.67. The fourth-order valence-electron chi connectivity index (χ4n) is 2.03. The molecule has 0 atom stereocenters. The standard InChI is InChI=1S/C17H16N4O/c1-14(20-22-11-15-5-3-2-4-6-15)16-7-9-17(10-8-16)21-13-18-12-19-21/h2-10,12-13H,11H2,1H3/b20-14+. The predicted molar refractivity (Wildman–Crippen MR) is 84.8 cm³/mol. The minimum atomic E-state index is 0.467. The molecule has 5 heteroatoms. The Kier molecular flexibility index (Phi) is 4.25. The summed E-state index contributed by atoms with van der Waals surface area (Å²) >= 11 is 0. The number of nitrogens with zero attached hydrogens (tertiary/aromatic N) is 4. The Morgan fingerprint density at radius 1 is 1.09 bits per heavy atom. The normalized spacial score (nSPS) is 11.4. The summed E-state index contributed by atoms with van der Waals surface area (Å²) in [5.74, 6) is 0. The maximum atomic E-state index is 5.40. The fraction of sp³-hybridized carbons (Fsp3) is 0.118. The summed E-state index contributed by atoms with van der Waals surface area (Å²) in [5, 5.41) is 8.26. The van der Waals surface area contributed by atoms with Gasteiger partial charge in [-0.3, -0.25) is 0 Å². The molecule has 2 aromatic carbocycles. The summed E-state index contributed by atoms with van der Waals surface area (Å²) in [4.78, 5) is 9.33. The van der Waals surface area contributed by atoms with E-state index in [1.165, 1.54) is 6.33 Å². The first-order valence-corrected chi connectivity index (χ1v) is 6.99. The van der Waals surface area contributed by atoms with E-state index in [1.807, 2.05) is 61.5 Å². The van der Waals surface area contributed by atoms with Gasteiger partial charge in [-0.25, -0.2) is 9.67 Å². The predicted octanol–water partition coefficient (Wildman–Crippen LogP) is 3.21. The molecule has 22 heavy (non-hydrogen) atoms. The number of benzene rings is 2. The van der Waals surface area contributed by atoms with Crippen LogP contribution in [0.2, 0.25) is 0 Å². The van der Waals surface area contributed by atoms with Gasteiger partial charge >= 0.3 is 0 Å². The molecule has 110 valence electrons. The molecule has 0 spiro atoms. The van der Waals surface area contributed by atoms with Crippen LogP contribution in [-0.2, 0) is 11.4 Å². The van der Waals surface area contributed by atoms with Gasteiger partial charge in [0.15, 0.2) is 0 Å². The third-order valence-corrected chi connectivity index (χ3v) is 3.24. The minimum Gasteiger partial charge on any atom is -0.391 e. The number of aromatic nitrogens is 3. The lowest BCUT2D eigenvalue weighted by Crippen LogP contribution is -1.99. The molecule has 3 rings (SSSR count). The molecule has 1 aromatic heterocycles. The number of hydrogen-bond donors (Lipinski definition) is 0. The Balaban J connectivity index is 1.64. The van der Waals surface area contributed by atoms with Gasteiger partial charge in [0.1, 0.15) is 19.3 Å². The monoisotopic (exact) mass is 292 g/mol. The molecule has 0 N–H and O–H groups in total. The molecule has 0 unspecified atom stereocenters. The van der Waals surface area contributed by atoms with Gasteiger partial charge in [-0.2, -0.15) is 5.10 Å². The summed E-state index contributed by atoms with van der Waals surface area (Å²) in [5.41, 5.74) is 3.90. The van der Waals surface area contributed by atoms with E-state index in [1.54, 1.807) is 11.0 Å². The van der Waals surface area contributed by atoms with E-state index in [2.05, 4.69) is 15.2 Å². The second-order valence-corrected chi connectivity index (χ2v) is 4.82. The average molecular weight is 292 g/mol. The van der Waals surface area contributed by atoms with Gasteiger partial charge in [-0.15, -0.1) is 0 Å². The van der Waals surface area contributed by atoms with Crippen molar-refractivity contribution in [2.24, 2.45) is 5.16 Å². The Morgan fingerprint density at radius 3 is 2.55 bits per heavy atom. The van der Waals surface area contributed by atoms with Crippen molar-refractivity contribution in [3.63, 3.8) is 0 Å². The van der Waals surface area contributed by atoms with E-state index in [-0.39, 0.29) is 0 Å². The highest BCUT2D eigenvalue weighted by atomic mass is 16.6. The second-order valence-electron chi connectivity index (χ2n) is 4.82. The zero-order valence-electron chi connectivity index (χ0n) is 12.3. The highest BCUT2D eigenvalue weighted by Crippen LogP contribution is 2.09. The van der Waals surface area contributed by atoms with Gasteiger partial charge in [-0.05, 0) is 30.2 Å². The van der Waals surface area contributed by atoms with Crippen LogP contribution in [0.15, 0.2) is 72.4 Å². The Labute approximate surface area is 128 Å². The van der Waals surface area contributed by atoms with Crippen molar-refractivity contribution in [3.8, 4) is 5.69 Å². The summed E-state index contributed by atoms with van der Waals surface area (Å²) in [6, 6.07) is 17.9. The van der Waals surface area contributed by atoms with Crippen LogP contribution < -0.4 is 0 Å². The molecule has 0 bridgehead atoms. The van der Waals surface area contributed by atoms with Crippen molar-refractivity contribution in [2.45, 2.75) is 13.5 Å². The lowest BCUT2D eigenvalue weighted by molar-refractivity contribution is 0.130. The van der Waals surface area contributed by atoms with Crippen LogP contribution in [0.4, 0.5) is 0 Å². The molecule has 0 saturated carbocycles. The van der Waals surface area contributed by atoms with Gasteiger partial charge in [0, 0.05) is 0 Å². The van der Waals surface area contributed by atoms with Crippen molar-refractivity contribution >= 4 is 5.71 Å². The van der Waals surface area contributed by atoms with Crippen molar-refractivity contribution < 1.29 is 4.84 Å². The summed E-state index contributed by atoms with van der Waals surface area (Å²) < 4.78 is 1.71. The molecule has 0 saturated heterocycles. The summed E-state index contributed by atoms with van der Waals surface area (Å²) in [6.07, 6.45) is 3.18. The third kappa shape index (κ3) is 3.38. The molecule has 0 radical (unpaired) electrons. The Hall–Kier alpha value is -2.95. The van der Waals surface area contributed by atoms with Crippen molar-refractivity contribution in [2.75, 3.05) is 0 Å². The molecule has 0 aliphatic heterocycles. The number of oxime groups is 1. The van der Waals surface area contributed by atoms with Crippen LogP contribution in [0.1, 0.15) is 18.1 Å². The Bertz CT molecular complexity index is 734. The van der Waals surface area contributed by atoms with Crippen LogP contribution >= 0.6 is 0 Å². The zero-order valence-corrected chi connectivity index (χ0v) is 12.3. The van der Waals surface area contributed by atoms with Gasteiger partial charge in [0.05, 0.1) is 11.4 Å². The average Bonchev–Trinajstić information content (AvgIpc) is 3.10. The largest absolute Gasteiger partial charge is 0.391 e. The van der Waals surface area contributed by atoms with Crippen LogP contribution in [0, 0.1) is 0 Å². The molecule has 1 heterocycles. The summed E-state index contributed by atoms with van der Waals surface area (Å²) in [6.45, 7) is 2.39. The molecule has 0 aliphatic carbocycles. The van der Waals surface area contributed by atoms with Crippen LogP contribution in [0.25, 0.3) is 5.69 Å². The molecule has 0 aliphatic rings. The first-order valence-electron chi connectivity index (χ1n) is 6.99. The van der Waals surface area contributed by atoms with E-state index in [4.69, 9.17) is 4.84 Å². The van der Waals surface area contributed by atoms with Crippen LogP contribution in [0.3, 0.4) is 0 Å². The van der Waals surface area contributed by atoms with Gasteiger partial charge in [-0.1, -0.05) is 47.6 Å². The topological polar surface area (TPSA) is 52.3 Å². The third-order valence-electron chi connectivity index (χ3n) is 3.24.